The second-order valence-electron chi connectivity index (χ2n) is 3.10. The number of carbonyl (C=O) groups is 1. The molecule has 0 amide bonds. The first-order chi connectivity index (χ1) is 7.09. The predicted octanol–water partition coefficient (Wildman–Crippen LogP) is 2.85. The third-order valence-electron chi connectivity index (χ3n) is 2.13. The van der Waals surface area contributed by atoms with Crippen molar-refractivity contribution < 1.29 is 14.3 Å². The lowest BCUT2D eigenvalue weighted by Crippen LogP contribution is -2.12. The molecule has 0 aliphatic heterocycles. The Labute approximate surface area is 89.7 Å². The van der Waals surface area contributed by atoms with E-state index in [0.717, 1.165) is 4.57 Å². The lowest BCUT2D eigenvalue weighted by atomic mass is 10.2. The number of carboxylic acids is 1. The zero-order valence-corrected chi connectivity index (χ0v) is 8.28. The van der Waals surface area contributed by atoms with E-state index in [4.69, 9.17) is 16.7 Å². The number of nitrogens with zero attached hydrogens (tertiary/aromatic N) is 1. The highest BCUT2D eigenvalue weighted by atomic mass is 35.5. The van der Waals surface area contributed by atoms with Gasteiger partial charge in [-0.15, -0.1) is 0 Å². The van der Waals surface area contributed by atoms with Crippen LogP contribution in [-0.2, 0) is 4.79 Å². The molecule has 15 heavy (non-hydrogen) atoms. The number of fused-ring (bicyclic) bond motifs is 1. The predicted molar refractivity (Wildman–Crippen MR) is 54.7 cm³/mol. The number of benzene rings is 1. The molecule has 2 rings (SSSR count). The van der Waals surface area contributed by atoms with Crippen LogP contribution in [0.5, 0.6) is 0 Å². The average molecular weight is 228 g/mol. The van der Waals surface area contributed by atoms with Crippen molar-refractivity contribution in [2.45, 2.75) is 6.30 Å². The van der Waals surface area contributed by atoms with Crippen molar-refractivity contribution in [3.05, 3.63) is 35.5 Å². The molecule has 0 saturated heterocycles. The largest absolute Gasteiger partial charge is 0.478 e. The third-order valence-corrected chi connectivity index (χ3v) is 2.37. The van der Waals surface area contributed by atoms with Crippen molar-refractivity contribution in [2.75, 3.05) is 0 Å². The number of alkyl halides is 1. The van der Waals surface area contributed by atoms with Crippen LogP contribution < -0.4 is 0 Å². The smallest absolute Gasteiger partial charge is 0.359 e. The van der Waals surface area contributed by atoms with Crippen molar-refractivity contribution in [3.63, 3.8) is 0 Å². The van der Waals surface area contributed by atoms with E-state index in [1.54, 1.807) is 24.3 Å². The van der Waals surface area contributed by atoms with Crippen LogP contribution in [0.2, 0.25) is 5.02 Å². The first kappa shape index (κ1) is 9.98. The molecule has 0 aliphatic rings. The molecular formula is C10H7ClFNO2. The van der Waals surface area contributed by atoms with Crippen LogP contribution in [-0.4, -0.2) is 15.6 Å². The van der Waals surface area contributed by atoms with Gasteiger partial charge in [-0.3, -0.25) is 0 Å². The fraction of sp³-hybridized carbons (Fsp3) is 0.100. The fourth-order valence-electron chi connectivity index (χ4n) is 1.45. The van der Waals surface area contributed by atoms with Crippen LogP contribution in [0, 0.1) is 0 Å². The number of hydrogen-bond acceptors (Lipinski definition) is 1. The van der Waals surface area contributed by atoms with Gasteiger partial charge in [0.1, 0.15) is 0 Å². The van der Waals surface area contributed by atoms with Crippen molar-refractivity contribution >= 4 is 28.5 Å². The zero-order chi connectivity index (χ0) is 11.0. The molecule has 78 valence electrons. The van der Waals surface area contributed by atoms with Crippen LogP contribution in [0.1, 0.15) is 6.30 Å². The van der Waals surface area contributed by atoms with Gasteiger partial charge in [0.05, 0.1) is 5.52 Å². The standard InChI is InChI=1S/C10H7ClFNO2/c11-7-1-2-8-6(5-7)3-4-13(8)9(12)10(14)15/h1-5,9H,(H,14,15). The topological polar surface area (TPSA) is 42.2 Å². The second-order valence-corrected chi connectivity index (χ2v) is 3.54. The summed E-state index contributed by atoms with van der Waals surface area (Å²) in [6.07, 6.45) is -0.677. The molecule has 0 radical (unpaired) electrons. The minimum absolute atomic E-state index is 0.509. The van der Waals surface area contributed by atoms with Gasteiger partial charge in [-0.1, -0.05) is 11.6 Å². The van der Waals surface area contributed by atoms with Crippen LogP contribution >= 0.6 is 11.6 Å². The van der Waals surface area contributed by atoms with E-state index in [2.05, 4.69) is 0 Å². The Morgan fingerprint density at radius 1 is 1.47 bits per heavy atom. The summed E-state index contributed by atoms with van der Waals surface area (Å²) in [7, 11) is 0. The van der Waals surface area contributed by atoms with Crippen LogP contribution in [0.3, 0.4) is 0 Å². The van der Waals surface area contributed by atoms with E-state index in [-0.39, 0.29) is 0 Å². The SMILES string of the molecule is O=C(O)C(F)n1ccc2cc(Cl)ccc21. The highest BCUT2D eigenvalue weighted by Gasteiger charge is 2.18. The molecule has 0 bridgehead atoms. The molecule has 1 atom stereocenters. The van der Waals surface area contributed by atoms with Gasteiger partial charge in [0, 0.05) is 16.6 Å². The summed E-state index contributed by atoms with van der Waals surface area (Å²) in [5.41, 5.74) is 0.509. The lowest BCUT2D eigenvalue weighted by Gasteiger charge is -2.06. The van der Waals surface area contributed by atoms with Gasteiger partial charge in [0.25, 0.3) is 6.30 Å². The number of aliphatic carboxylic acids is 1. The molecule has 1 N–H and O–H groups in total. The van der Waals surface area contributed by atoms with Crippen LogP contribution in [0.15, 0.2) is 30.5 Å². The average Bonchev–Trinajstić information content (AvgIpc) is 2.59. The molecule has 1 unspecified atom stereocenters. The van der Waals surface area contributed by atoms with Gasteiger partial charge in [0.2, 0.25) is 0 Å². The Kier molecular flexibility index (Phi) is 2.36. The monoisotopic (exact) mass is 227 g/mol. The minimum atomic E-state index is -2.07. The lowest BCUT2D eigenvalue weighted by molar-refractivity contribution is -0.146. The fourth-order valence-corrected chi connectivity index (χ4v) is 1.63. The number of hydrogen-bond donors (Lipinski definition) is 1. The molecular weight excluding hydrogens is 221 g/mol. The second kappa shape index (κ2) is 3.55. The van der Waals surface area contributed by atoms with Gasteiger partial charge in [-0.25, -0.2) is 9.18 Å². The van der Waals surface area contributed by atoms with Gasteiger partial charge >= 0.3 is 5.97 Å². The highest BCUT2D eigenvalue weighted by molar-refractivity contribution is 6.31. The van der Waals surface area contributed by atoms with E-state index in [0.29, 0.717) is 15.9 Å². The van der Waals surface area contributed by atoms with Gasteiger partial charge in [-0.05, 0) is 24.3 Å². The van der Waals surface area contributed by atoms with E-state index in [1.165, 1.54) is 6.20 Å². The van der Waals surface area contributed by atoms with Crippen LogP contribution in [0.4, 0.5) is 4.39 Å². The summed E-state index contributed by atoms with van der Waals surface area (Å²) < 4.78 is 14.3. The maximum absolute atomic E-state index is 13.3. The highest BCUT2D eigenvalue weighted by Crippen LogP contribution is 2.24. The zero-order valence-electron chi connectivity index (χ0n) is 7.52. The van der Waals surface area contributed by atoms with Crippen molar-refractivity contribution in [2.24, 2.45) is 0 Å². The quantitative estimate of drug-likeness (QED) is 0.857. The molecule has 5 heteroatoms. The number of rotatable bonds is 2. The molecule has 1 aromatic carbocycles. The first-order valence-electron chi connectivity index (χ1n) is 4.22. The number of carboxylic acid groups (broad SMARTS) is 1. The summed E-state index contributed by atoms with van der Waals surface area (Å²) >= 11 is 5.75. The molecule has 1 heterocycles. The normalized spacial score (nSPS) is 12.9. The van der Waals surface area contributed by atoms with E-state index >= 15 is 0 Å². The summed E-state index contributed by atoms with van der Waals surface area (Å²) in [6, 6.07) is 6.46. The van der Waals surface area contributed by atoms with Gasteiger partial charge in [0.15, 0.2) is 0 Å². The van der Waals surface area contributed by atoms with Gasteiger partial charge in [-0.2, -0.15) is 0 Å². The van der Waals surface area contributed by atoms with Crippen molar-refractivity contribution in [3.8, 4) is 0 Å². The van der Waals surface area contributed by atoms with Crippen molar-refractivity contribution in [1.29, 1.82) is 0 Å². The summed E-state index contributed by atoms with van der Waals surface area (Å²) in [5, 5.41) is 9.79. The first-order valence-corrected chi connectivity index (χ1v) is 4.60. The Balaban J connectivity index is 2.59. The molecule has 0 saturated carbocycles. The molecule has 0 aliphatic carbocycles. The van der Waals surface area contributed by atoms with Crippen molar-refractivity contribution in [1.82, 2.24) is 4.57 Å². The summed E-state index contributed by atoms with van der Waals surface area (Å²) in [4.78, 5) is 10.5. The number of halogens is 2. The third kappa shape index (κ3) is 1.68. The maximum atomic E-state index is 13.3. The molecule has 1 aromatic heterocycles. The van der Waals surface area contributed by atoms with Crippen LogP contribution in [0.25, 0.3) is 10.9 Å². The molecule has 2 aromatic rings. The Hall–Kier alpha value is -1.55. The molecule has 0 spiro atoms. The summed E-state index contributed by atoms with van der Waals surface area (Å²) in [5.74, 6) is -1.51. The van der Waals surface area contributed by atoms with Gasteiger partial charge < -0.3 is 9.67 Å². The van der Waals surface area contributed by atoms with E-state index in [9.17, 15) is 9.18 Å². The Morgan fingerprint density at radius 3 is 2.87 bits per heavy atom. The van der Waals surface area contributed by atoms with E-state index in [1.807, 2.05) is 0 Å². The Bertz CT molecular complexity index is 523. The van der Waals surface area contributed by atoms with E-state index < -0.39 is 12.3 Å². The molecule has 0 fully saturated rings. The summed E-state index contributed by atoms with van der Waals surface area (Å²) in [6.45, 7) is 0. The Morgan fingerprint density at radius 2 is 2.20 bits per heavy atom. The molecule has 3 nitrogen and oxygen atoms in total. The maximum Gasteiger partial charge on any atom is 0.359 e. The number of aromatic nitrogens is 1. The minimum Gasteiger partial charge on any atom is -0.478 e.